The molecule has 0 radical (unpaired) electrons. The molecule has 0 aliphatic carbocycles. The summed E-state index contributed by atoms with van der Waals surface area (Å²) in [5.74, 6) is -0.0715. The van der Waals surface area contributed by atoms with Crippen LogP contribution in [0.25, 0.3) is 0 Å². The molecule has 9 nitrogen and oxygen atoms in total. The fraction of sp³-hybridized carbons (Fsp3) is 0.235. The van der Waals surface area contributed by atoms with Crippen molar-refractivity contribution in [1.82, 2.24) is 10.2 Å². The minimum atomic E-state index is -4.24. The van der Waals surface area contributed by atoms with E-state index >= 15 is 0 Å². The maximum Gasteiger partial charge on any atom is 0.264 e. The zero-order chi connectivity index (χ0) is 31.7. The summed E-state index contributed by atoms with van der Waals surface area (Å²) in [6.07, 6.45) is 0.218. The molecule has 4 aromatic carbocycles. The van der Waals surface area contributed by atoms with Gasteiger partial charge in [-0.3, -0.25) is 13.9 Å². The van der Waals surface area contributed by atoms with Crippen LogP contribution in [0.1, 0.15) is 16.7 Å². The second-order valence-electron chi connectivity index (χ2n) is 10.2. The number of ether oxygens (including phenoxy) is 2. The molecule has 0 aromatic heterocycles. The van der Waals surface area contributed by atoms with Gasteiger partial charge in [-0.1, -0.05) is 66.7 Å². The maximum atomic E-state index is 14.5. The number of rotatable bonds is 13. The zero-order valence-electron chi connectivity index (χ0n) is 25.3. The number of nitrogens with one attached hydrogen (secondary N) is 1. The summed E-state index contributed by atoms with van der Waals surface area (Å²) in [6, 6.07) is 28.7. The van der Waals surface area contributed by atoms with Crippen LogP contribution in [0.3, 0.4) is 0 Å². The number of hydrogen-bond donors (Lipinski definition) is 1. The molecule has 4 aromatic rings. The van der Waals surface area contributed by atoms with E-state index in [1.165, 1.54) is 31.2 Å². The van der Waals surface area contributed by atoms with Crippen molar-refractivity contribution in [3.05, 3.63) is 120 Å². The second kappa shape index (κ2) is 14.6. The lowest BCUT2D eigenvalue weighted by Crippen LogP contribution is -2.53. The summed E-state index contributed by atoms with van der Waals surface area (Å²) >= 11 is 0. The van der Waals surface area contributed by atoms with E-state index in [0.29, 0.717) is 11.3 Å². The number of nitrogens with zero attached hydrogens (tertiary/aromatic N) is 2. The molecule has 0 spiro atoms. The van der Waals surface area contributed by atoms with Crippen molar-refractivity contribution in [3.8, 4) is 11.5 Å². The first kappa shape index (κ1) is 32.1. The third-order valence-corrected chi connectivity index (χ3v) is 8.99. The molecule has 0 heterocycles. The monoisotopic (exact) mass is 615 g/mol. The van der Waals surface area contributed by atoms with Crippen molar-refractivity contribution in [2.24, 2.45) is 0 Å². The van der Waals surface area contributed by atoms with Crippen molar-refractivity contribution in [3.63, 3.8) is 0 Å². The Morgan fingerprint density at radius 2 is 1.48 bits per heavy atom. The van der Waals surface area contributed by atoms with E-state index in [2.05, 4.69) is 5.32 Å². The van der Waals surface area contributed by atoms with E-state index < -0.39 is 28.5 Å². The van der Waals surface area contributed by atoms with Gasteiger partial charge in [0, 0.05) is 20.0 Å². The third-order valence-electron chi connectivity index (χ3n) is 7.22. The first-order valence-electron chi connectivity index (χ1n) is 14.1. The molecule has 1 N–H and O–H groups in total. The van der Waals surface area contributed by atoms with Gasteiger partial charge in [0.05, 0.1) is 24.8 Å². The summed E-state index contributed by atoms with van der Waals surface area (Å²) in [4.78, 5) is 29.3. The van der Waals surface area contributed by atoms with Gasteiger partial charge in [-0.25, -0.2) is 8.42 Å². The van der Waals surface area contributed by atoms with Crippen LogP contribution in [-0.4, -0.2) is 59.0 Å². The van der Waals surface area contributed by atoms with Gasteiger partial charge in [-0.15, -0.1) is 0 Å². The van der Waals surface area contributed by atoms with Gasteiger partial charge < -0.3 is 19.7 Å². The topological polar surface area (TPSA) is 105 Å². The van der Waals surface area contributed by atoms with Crippen molar-refractivity contribution in [2.45, 2.75) is 30.8 Å². The number of aryl methyl sites for hydroxylation is 1. The standard InChI is InChI=1S/C34H37N3O6S/c1-25-18-19-32(43-4)30(20-25)37(44(40,41)29-16-9-6-10-17-29)24-33(38)36(23-27-14-11-15-28(21-27)42-3)31(34(39)35-2)22-26-12-7-5-8-13-26/h5-21,31H,22-24H2,1-4H3,(H,35,39)/t31-/m0/s1. The van der Waals surface area contributed by atoms with E-state index in [-0.39, 0.29) is 35.2 Å². The number of anilines is 1. The van der Waals surface area contributed by atoms with Crippen LogP contribution < -0.4 is 19.1 Å². The van der Waals surface area contributed by atoms with Crippen LogP contribution in [0.2, 0.25) is 0 Å². The van der Waals surface area contributed by atoms with Crippen molar-refractivity contribution in [2.75, 3.05) is 32.1 Å². The molecule has 0 saturated heterocycles. The van der Waals surface area contributed by atoms with E-state index in [9.17, 15) is 18.0 Å². The average molecular weight is 616 g/mol. The smallest absolute Gasteiger partial charge is 0.264 e. The molecule has 0 fully saturated rings. The Balaban J connectivity index is 1.84. The number of sulfonamides is 1. The van der Waals surface area contributed by atoms with Crippen LogP contribution in [0.4, 0.5) is 5.69 Å². The average Bonchev–Trinajstić information content (AvgIpc) is 3.05. The molecule has 0 bridgehead atoms. The molecule has 10 heteroatoms. The predicted molar refractivity (Wildman–Crippen MR) is 170 cm³/mol. The Bertz CT molecular complexity index is 1680. The lowest BCUT2D eigenvalue weighted by atomic mass is 10.0. The summed E-state index contributed by atoms with van der Waals surface area (Å²) < 4.78 is 40.3. The number of amides is 2. The Morgan fingerprint density at radius 3 is 2.11 bits per heavy atom. The van der Waals surface area contributed by atoms with Crippen LogP contribution in [-0.2, 0) is 32.6 Å². The number of likely N-dealkylation sites (N-methyl/N-ethyl adjacent to an activating group) is 1. The van der Waals surface area contributed by atoms with Crippen molar-refractivity contribution < 1.29 is 27.5 Å². The molecular weight excluding hydrogens is 578 g/mol. The molecule has 4 rings (SSSR count). The fourth-order valence-electron chi connectivity index (χ4n) is 4.92. The summed E-state index contributed by atoms with van der Waals surface area (Å²) in [5.41, 5.74) is 2.55. The summed E-state index contributed by atoms with van der Waals surface area (Å²) in [6.45, 7) is 1.28. The number of benzene rings is 4. The van der Waals surface area contributed by atoms with Crippen LogP contribution in [0, 0.1) is 6.92 Å². The van der Waals surface area contributed by atoms with Crippen molar-refractivity contribution in [1.29, 1.82) is 0 Å². The highest BCUT2D eigenvalue weighted by Gasteiger charge is 2.35. The number of methoxy groups -OCH3 is 2. The number of hydrogen-bond acceptors (Lipinski definition) is 6. The maximum absolute atomic E-state index is 14.5. The summed E-state index contributed by atoms with van der Waals surface area (Å²) in [7, 11) is 0.264. The Labute approximate surface area is 259 Å². The van der Waals surface area contributed by atoms with Gasteiger partial charge in [-0.2, -0.15) is 0 Å². The largest absolute Gasteiger partial charge is 0.497 e. The predicted octanol–water partition coefficient (Wildman–Crippen LogP) is 4.59. The molecule has 0 unspecified atom stereocenters. The molecule has 0 aliphatic rings. The normalized spacial score (nSPS) is 11.7. The molecule has 2 amide bonds. The minimum Gasteiger partial charge on any atom is -0.497 e. The van der Waals surface area contributed by atoms with E-state index in [0.717, 1.165) is 15.4 Å². The van der Waals surface area contributed by atoms with E-state index in [1.807, 2.05) is 43.3 Å². The van der Waals surface area contributed by atoms with Gasteiger partial charge in [-0.05, 0) is 60.0 Å². The van der Waals surface area contributed by atoms with Gasteiger partial charge in [0.2, 0.25) is 11.8 Å². The van der Waals surface area contributed by atoms with Crippen LogP contribution in [0.15, 0.2) is 108 Å². The molecule has 1 atom stereocenters. The first-order valence-corrected chi connectivity index (χ1v) is 15.5. The Hall–Kier alpha value is -4.83. The zero-order valence-corrected chi connectivity index (χ0v) is 26.1. The minimum absolute atomic E-state index is 0.0165. The second-order valence-corrected chi connectivity index (χ2v) is 12.1. The SMILES string of the molecule is CNC(=O)[C@H](Cc1ccccc1)N(Cc1cccc(OC)c1)C(=O)CN(c1cc(C)ccc1OC)S(=O)(=O)c1ccccc1. The molecule has 0 saturated carbocycles. The third kappa shape index (κ3) is 7.57. The Kier molecular flexibility index (Phi) is 10.6. The van der Waals surface area contributed by atoms with Gasteiger partial charge >= 0.3 is 0 Å². The highest BCUT2D eigenvalue weighted by Crippen LogP contribution is 2.34. The number of carbonyl (C=O) groups excluding carboxylic acids is 2. The van der Waals surface area contributed by atoms with E-state index in [1.54, 1.807) is 61.7 Å². The highest BCUT2D eigenvalue weighted by molar-refractivity contribution is 7.92. The quantitative estimate of drug-likeness (QED) is 0.236. The molecule has 0 aliphatic heterocycles. The molecule has 44 heavy (non-hydrogen) atoms. The fourth-order valence-corrected chi connectivity index (χ4v) is 6.35. The van der Waals surface area contributed by atoms with Crippen LogP contribution in [0.5, 0.6) is 11.5 Å². The molecule has 230 valence electrons. The van der Waals surface area contributed by atoms with Gasteiger partial charge in [0.25, 0.3) is 10.0 Å². The summed E-state index contributed by atoms with van der Waals surface area (Å²) in [5, 5.41) is 2.69. The van der Waals surface area contributed by atoms with Crippen LogP contribution >= 0.6 is 0 Å². The highest BCUT2D eigenvalue weighted by atomic mass is 32.2. The first-order chi connectivity index (χ1) is 21.2. The van der Waals surface area contributed by atoms with Gasteiger partial charge in [0.1, 0.15) is 24.1 Å². The lowest BCUT2D eigenvalue weighted by molar-refractivity contribution is -0.139. The molecular formula is C34H37N3O6S. The lowest BCUT2D eigenvalue weighted by Gasteiger charge is -2.34. The Morgan fingerprint density at radius 1 is 0.818 bits per heavy atom. The number of carbonyl (C=O) groups is 2. The van der Waals surface area contributed by atoms with E-state index in [4.69, 9.17) is 9.47 Å². The van der Waals surface area contributed by atoms with Gasteiger partial charge in [0.15, 0.2) is 0 Å². The van der Waals surface area contributed by atoms with Crippen molar-refractivity contribution >= 4 is 27.5 Å².